The van der Waals surface area contributed by atoms with E-state index in [9.17, 15) is 0 Å². The van der Waals surface area contributed by atoms with Crippen molar-refractivity contribution >= 4 is 0 Å². The van der Waals surface area contributed by atoms with Crippen molar-refractivity contribution in [2.24, 2.45) is 0 Å². The van der Waals surface area contributed by atoms with Crippen molar-refractivity contribution < 1.29 is 0 Å². The summed E-state index contributed by atoms with van der Waals surface area (Å²) in [5.41, 5.74) is 2.35. The molecule has 0 aromatic heterocycles. The SMILES string of the molecule is C=C/C(=C\C(=C)C)CCN(C)C. The van der Waals surface area contributed by atoms with Gasteiger partial charge in [-0.3, -0.25) is 0 Å². The van der Waals surface area contributed by atoms with Crippen molar-refractivity contribution in [2.45, 2.75) is 13.3 Å². The van der Waals surface area contributed by atoms with Crippen molar-refractivity contribution in [1.29, 1.82) is 0 Å². The zero-order chi connectivity index (χ0) is 9.56. The minimum Gasteiger partial charge on any atom is -0.309 e. The standard InChI is InChI=1S/C11H19N/c1-6-11(9-10(2)3)7-8-12(4)5/h6,9H,1-2,7-8H2,3-5H3/b11-9+. The first-order valence-corrected chi connectivity index (χ1v) is 4.19. The molecule has 12 heavy (non-hydrogen) atoms. The van der Waals surface area contributed by atoms with Crippen molar-refractivity contribution in [3.63, 3.8) is 0 Å². The van der Waals surface area contributed by atoms with Gasteiger partial charge in [-0.1, -0.05) is 30.9 Å². The topological polar surface area (TPSA) is 3.24 Å². The molecule has 0 atom stereocenters. The van der Waals surface area contributed by atoms with E-state index in [0.29, 0.717) is 0 Å². The monoisotopic (exact) mass is 165 g/mol. The van der Waals surface area contributed by atoms with E-state index in [1.54, 1.807) is 0 Å². The lowest BCUT2D eigenvalue weighted by Crippen LogP contribution is -2.13. The molecule has 0 aliphatic heterocycles. The molecule has 0 fully saturated rings. The Morgan fingerprint density at radius 2 is 2.00 bits per heavy atom. The van der Waals surface area contributed by atoms with Crippen LogP contribution < -0.4 is 0 Å². The van der Waals surface area contributed by atoms with E-state index < -0.39 is 0 Å². The molecule has 0 bridgehead atoms. The summed E-state index contributed by atoms with van der Waals surface area (Å²) in [5, 5.41) is 0. The first-order chi connectivity index (χ1) is 5.56. The molecule has 1 nitrogen and oxygen atoms in total. The fraction of sp³-hybridized carbons (Fsp3) is 0.455. The Bertz CT molecular complexity index is 187. The summed E-state index contributed by atoms with van der Waals surface area (Å²) in [5.74, 6) is 0. The Morgan fingerprint density at radius 3 is 2.33 bits per heavy atom. The lowest BCUT2D eigenvalue weighted by Gasteiger charge is -2.09. The van der Waals surface area contributed by atoms with E-state index >= 15 is 0 Å². The zero-order valence-electron chi connectivity index (χ0n) is 8.43. The fourth-order valence-corrected chi connectivity index (χ4v) is 0.902. The number of hydrogen-bond donors (Lipinski definition) is 0. The Hall–Kier alpha value is -0.820. The van der Waals surface area contributed by atoms with Crippen LogP contribution in [-0.2, 0) is 0 Å². The van der Waals surface area contributed by atoms with Gasteiger partial charge in [0, 0.05) is 6.54 Å². The molecule has 0 spiro atoms. The number of allylic oxidation sites excluding steroid dienone is 3. The lowest BCUT2D eigenvalue weighted by molar-refractivity contribution is 0.414. The maximum atomic E-state index is 3.83. The van der Waals surface area contributed by atoms with Gasteiger partial charge in [0.2, 0.25) is 0 Å². The summed E-state index contributed by atoms with van der Waals surface area (Å²) in [7, 11) is 4.14. The highest BCUT2D eigenvalue weighted by atomic mass is 15.0. The Morgan fingerprint density at radius 1 is 1.42 bits per heavy atom. The molecule has 1 heteroatoms. The highest BCUT2D eigenvalue weighted by Crippen LogP contribution is 2.06. The van der Waals surface area contributed by atoms with Crippen LogP contribution >= 0.6 is 0 Å². The van der Waals surface area contributed by atoms with Crippen molar-refractivity contribution in [3.8, 4) is 0 Å². The minimum absolute atomic E-state index is 1.04. The van der Waals surface area contributed by atoms with E-state index in [1.165, 1.54) is 5.57 Å². The zero-order valence-corrected chi connectivity index (χ0v) is 8.43. The van der Waals surface area contributed by atoms with Crippen LogP contribution in [0.3, 0.4) is 0 Å². The average molecular weight is 165 g/mol. The third-order valence-corrected chi connectivity index (χ3v) is 1.54. The van der Waals surface area contributed by atoms with E-state index in [-0.39, 0.29) is 0 Å². The van der Waals surface area contributed by atoms with Crippen LogP contribution in [-0.4, -0.2) is 25.5 Å². The average Bonchev–Trinajstić information content (AvgIpc) is 1.97. The third-order valence-electron chi connectivity index (χ3n) is 1.54. The van der Waals surface area contributed by atoms with Gasteiger partial charge in [-0.05, 0) is 33.0 Å². The molecule has 0 aliphatic rings. The van der Waals surface area contributed by atoms with Gasteiger partial charge in [-0.25, -0.2) is 0 Å². The summed E-state index contributed by atoms with van der Waals surface area (Å²) in [6.45, 7) is 10.7. The maximum Gasteiger partial charge on any atom is 0.00157 e. The second kappa shape index (κ2) is 5.78. The van der Waals surface area contributed by atoms with E-state index in [2.05, 4.69) is 38.2 Å². The van der Waals surface area contributed by atoms with Crippen LogP contribution in [0.1, 0.15) is 13.3 Å². The molecule has 0 saturated carbocycles. The number of nitrogens with zero attached hydrogens (tertiary/aromatic N) is 1. The summed E-state index contributed by atoms with van der Waals surface area (Å²) >= 11 is 0. The smallest absolute Gasteiger partial charge is 0.00157 e. The number of rotatable bonds is 5. The van der Waals surface area contributed by atoms with Gasteiger partial charge >= 0.3 is 0 Å². The number of hydrogen-bond acceptors (Lipinski definition) is 1. The summed E-state index contributed by atoms with van der Waals surface area (Å²) in [6, 6.07) is 0. The van der Waals surface area contributed by atoms with Gasteiger partial charge in [-0.15, -0.1) is 0 Å². The quantitative estimate of drug-likeness (QED) is 0.566. The van der Waals surface area contributed by atoms with Crippen molar-refractivity contribution in [2.75, 3.05) is 20.6 Å². The van der Waals surface area contributed by atoms with Crippen LogP contribution in [0.5, 0.6) is 0 Å². The largest absolute Gasteiger partial charge is 0.309 e. The first-order valence-electron chi connectivity index (χ1n) is 4.19. The van der Waals surface area contributed by atoms with Crippen LogP contribution in [0.25, 0.3) is 0 Å². The van der Waals surface area contributed by atoms with Crippen LogP contribution in [0.4, 0.5) is 0 Å². The van der Waals surface area contributed by atoms with Gasteiger partial charge in [0.25, 0.3) is 0 Å². The van der Waals surface area contributed by atoms with Gasteiger partial charge < -0.3 is 4.90 Å². The third kappa shape index (κ3) is 5.93. The Kier molecular flexibility index (Phi) is 5.39. The van der Waals surface area contributed by atoms with Crippen molar-refractivity contribution in [1.82, 2.24) is 4.90 Å². The van der Waals surface area contributed by atoms with Crippen LogP contribution in [0.2, 0.25) is 0 Å². The molecule has 68 valence electrons. The molecule has 0 amide bonds. The molecule has 0 unspecified atom stereocenters. The molecule has 0 aromatic carbocycles. The van der Waals surface area contributed by atoms with Gasteiger partial charge in [-0.2, -0.15) is 0 Å². The van der Waals surface area contributed by atoms with Crippen molar-refractivity contribution in [3.05, 3.63) is 36.5 Å². The normalized spacial score (nSPS) is 11.8. The lowest BCUT2D eigenvalue weighted by atomic mass is 10.1. The Labute approximate surface area is 76.1 Å². The molecule has 0 saturated heterocycles. The molecule has 0 radical (unpaired) electrons. The van der Waals surface area contributed by atoms with Gasteiger partial charge in [0.1, 0.15) is 0 Å². The van der Waals surface area contributed by atoms with E-state index in [0.717, 1.165) is 18.5 Å². The summed E-state index contributed by atoms with van der Waals surface area (Å²) < 4.78 is 0. The highest BCUT2D eigenvalue weighted by Gasteiger charge is 1.93. The van der Waals surface area contributed by atoms with Crippen LogP contribution in [0.15, 0.2) is 36.5 Å². The minimum atomic E-state index is 1.04. The predicted octanol–water partition coefficient (Wildman–Crippen LogP) is 2.63. The van der Waals surface area contributed by atoms with E-state index in [4.69, 9.17) is 0 Å². The molecule has 0 rings (SSSR count). The highest BCUT2D eigenvalue weighted by molar-refractivity contribution is 5.26. The second-order valence-corrected chi connectivity index (χ2v) is 3.32. The second-order valence-electron chi connectivity index (χ2n) is 3.32. The molecule has 0 N–H and O–H groups in total. The van der Waals surface area contributed by atoms with Crippen LogP contribution in [0, 0.1) is 0 Å². The van der Waals surface area contributed by atoms with Gasteiger partial charge in [0.05, 0.1) is 0 Å². The molecular weight excluding hydrogens is 146 g/mol. The van der Waals surface area contributed by atoms with Gasteiger partial charge in [0.15, 0.2) is 0 Å². The maximum absolute atomic E-state index is 3.83. The first kappa shape index (κ1) is 11.2. The predicted molar refractivity (Wildman–Crippen MR) is 56.3 cm³/mol. The summed E-state index contributed by atoms with van der Waals surface area (Å²) in [4.78, 5) is 2.16. The molecule has 0 heterocycles. The van der Waals surface area contributed by atoms with E-state index in [1.807, 2.05) is 13.0 Å². The summed E-state index contributed by atoms with van der Waals surface area (Å²) in [6.07, 6.45) is 5.03. The molecule has 0 aromatic rings. The fourth-order valence-electron chi connectivity index (χ4n) is 0.902. The Balaban J connectivity index is 4.00. The molecule has 0 aliphatic carbocycles. The molecular formula is C11H19N.